The molecule has 0 amide bonds. The molecule has 0 heterocycles. The summed E-state index contributed by atoms with van der Waals surface area (Å²) in [6, 6.07) is 24.1. The van der Waals surface area contributed by atoms with Crippen LogP contribution < -0.4 is 14.7 Å². The molecule has 3 rings (SSSR count). The molecule has 0 saturated carbocycles. The zero-order valence-electron chi connectivity index (χ0n) is 18.6. The molecule has 0 atom stereocenters. The lowest BCUT2D eigenvalue weighted by Gasteiger charge is -2.27. The zero-order chi connectivity index (χ0) is 23.3. The van der Waals surface area contributed by atoms with Crippen molar-refractivity contribution < 1.29 is 9.90 Å². The highest BCUT2D eigenvalue weighted by molar-refractivity contribution is 5.94. The van der Waals surface area contributed by atoms with E-state index in [1.807, 2.05) is 52.5 Å². The molecule has 0 unspecified atom stereocenters. The smallest absolute Gasteiger partial charge is 0.333 e. The van der Waals surface area contributed by atoms with E-state index in [0.29, 0.717) is 5.56 Å². The first-order chi connectivity index (χ1) is 15.3. The molecular formula is C26H26N4O2. The molecule has 162 valence electrons. The van der Waals surface area contributed by atoms with Gasteiger partial charge in [-0.15, -0.1) is 0 Å². The summed E-state index contributed by atoms with van der Waals surface area (Å²) in [7, 11) is 8.03. The highest BCUT2D eigenvalue weighted by Gasteiger charge is 2.14. The van der Waals surface area contributed by atoms with Crippen molar-refractivity contribution in [3.63, 3.8) is 0 Å². The molecule has 32 heavy (non-hydrogen) atoms. The van der Waals surface area contributed by atoms with Crippen molar-refractivity contribution in [1.29, 1.82) is 0 Å². The lowest BCUT2D eigenvalue weighted by molar-refractivity contribution is -0.132. The number of anilines is 5. The van der Waals surface area contributed by atoms with Gasteiger partial charge in [-0.1, -0.05) is 12.1 Å². The maximum Gasteiger partial charge on any atom is 0.333 e. The Hall–Kier alpha value is -4.24. The number of nitrogens with zero attached hydrogens (tertiary/aromatic N) is 4. The second kappa shape index (κ2) is 9.71. The molecule has 6 nitrogen and oxygen atoms in total. The summed E-state index contributed by atoms with van der Waals surface area (Å²) in [6.45, 7) is 7.03. The van der Waals surface area contributed by atoms with Gasteiger partial charge in [-0.25, -0.2) is 4.85 Å². The normalized spacial score (nSPS) is 10.9. The molecule has 1 N–H and O–H groups in total. The van der Waals surface area contributed by atoms with Gasteiger partial charge in [0.2, 0.25) is 0 Å². The molecule has 0 aliphatic carbocycles. The van der Waals surface area contributed by atoms with Gasteiger partial charge in [0.25, 0.3) is 5.70 Å². The van der Waals surface area contributed by atoms with Gasteiger partial charge in [0.05, 0.1) is 6.57 Å². The monoisotopic (exact) mass is 426 g/mol. The van der Waals surface area contributed by atoms with Crippen LogP contribution in [0.5, 0.6) is 0 Å². The molecule has 3 aromatic carbocycles. The van der Waals surface area contributed by atoms with Crippen molar-refractivity contribution >= 4 is 40.5 Å². The summed E-state index contributed by atoms with van der Waals surface area (Å²) in [5, 5.41) is 9.10. The van der Waals surface area contributed by atoms with E-state index in [0.717, 1.165) is 28.4 Å². The van der Waals surface area contributed by atoms with Gasteiger partial charge in [-0.2, -0.15) is 0 Å². The first-order valence-corrected chi connectivity index (χ1v) is 10.1. The largest absolute Gasteiger partial charge is 0.486 e. The molecular weight excluding hydrogens is 400 g/mol. The number of carboxylic acid groups (broad SMARTS) is 1. The van der Waals surface area contributed by atoms with Gasteiger partial charge < -0.3 is 19.8 Å². The quantitative estimate of drug-likeness (QED) is 0.392. The standard InChI is InChI=1S/C26H26N4O2/c1-27-25(26(31)32)18-19-6-8-22(9-7-19)30(23-14-10-20(11-15-23)28(2)3)24-16-12-21(13-17-24)29(4)5/h6-18H,2-5H3,(H,31,32)/b25-18-. The Labute approximate surface area is 189 Å². The van der Waals surface area contributed by atoms with Crippen molar-refractivity contribution in [3.8, 4) is 0 Å². The molecule has 0 aliphatic heterocycles. The average molecular weight is 427 g/mol. The fourth-order valence-corrected chi connectivity index (χ4v) is 3.27. The van der Waals surface area contributed by atoms with E-state index in [1.54, 1.807) is 0 Å². The molecule has 6 heteroatoms. The van der Waals surface area contributed by atoms with Gasteiger partial charge in [0.1, 0.15) is 0 Å². The molecule has 0 fully saturated rings. The van der Waals surface area contributed by atoms with Crippen LogP contribution in [-0.4, -0.2) is 39.3 Å². The van der Waals surface area contributed by atoms with Crippen molar-refractivity contribution in [3.05, 3.63) is 95.5 Å². The van der Waals surface area contributed by atoms with E-state index in [1.165, 1.54) is 6.08 Å². The molecule has 0 aliphatic rings. The summed E-state index contributed by atoms with van der Waals surface area (Å²) >= 11 is 0. The summed E-state index contributed by atoms with van der Waals surface area (Å²) in [5.41, 5.74) is 5.50. The van der Waals surface area contributed by atoms with Gasteiger partial charge in [-0.05, 0) is 72.3 Å². The van der Waals surface area contributed by atoms with E-state index >= 15 is 0 Å². The van der Waals surface area contributed by atoms with Gasteiger partial charge in [-0.3, -0.25) is 4.79 Å². The van der Waals surface area contributed by atoms with Crippen LogP contribution >= 0.6 is 0 Å². The maximum atomic E-state index is 11.1. The van der Waals surface area contributed by atoms with Crippen LogP contribution in [0.4, 0.5) is 28.4 Å². The molecule has 0 radical (unpaired) electrons. The van der Waals surface area contributed by atoms with E-state index in [-0.39, 0.29) is 5.70 Å². The Kier molecular flexibility index (Phi) is 6.81. The lowest BCUT2D eigenvalue weighted by atomic mass is 10.1. The van der Waals surface area contributed by atoms with Crippen molar-refractivity contribution in [2.45, 2.75) is 0 Å². The first kappa shape index (κ1) is 22.4. The van der Waals surface area contributed by atoms with E-state index in [2.05, 4.69) is 68.1 Å². The van der Waals surface area contributed by atoms with Crippen LogP contribution in [-0.2, 0) is 4.79 Å². The van der Waals surface area contributed by atoms with E-state index in [9.17, 15) is 4.79 Å². The third-order valence-electron chi connectivity index (χ3n) is 5.04. The maximum absolute atomic E-state index is 11.1. The SMILES string of the molecule is [C-]#[N+]/C(=C\c1ccc(N(c2ccc(N(C)C)cc2)c2ccc(N(C)C)cc2)cc1)C(=O)O. The number of hydrogen-bond donors (Lipinski definition) is 1. The van der Waals surface area contributed by atoms with Crippen LogP contribution in [0.3, 0.4) is 0 Å². The third kappa shape index (κ3) is 5.08. The van der Waals surface area contributed by atoms with Crippen LogP contribution in [0.25, 0.3) is 10.9 Å². The Bertz CT molecular complexity index is 1090. The minimum atomic E-state index is -1.23. The third-order valence-corrected chi connectivity index (χ3v) is 5.04. The fraction of sp³-hybridized carbons (Fsp3) is 0.154. The highest BCUT2D eigenvalue weighted by atomic mass is 16.4. The Morgan fingerprint density at radius 1 is 0.719 bits per heavy atom. The van der Waals surface area contributed by atoms with Crippen LogP contribution in [0.2, 0.25) is 0 Å². The van der Waals surface area contributed by atoms with Gasteiger partial charge in [0, 0.05) is 56.6 Å². The fourth-order valence-electron chi connectivity index (χ4n) is 3.27. The van der Waals surface area contributed by atoms with Crippen LogP contribution in [0, 0.1) is 6.57 Å². The minimum Gasteiger partial charge on any atom is -0.486 e. The highest BCUT2D eigenvalue weighted by Crippen LogP contribution is 2.36. The van der Waals surface area contributed by atoms with E-state index in [4.69, 9.17) is 11.7 Å². The van der Waals surface area contributed by atoms with Crippen LogP contribution in [0.15, 0.2) is 78.5 Å². The second-order valence-electron chi connectivity index (χ2n) is 7.70. The lowest BCUT2D eigenvalue weighted by Crippen LogP contribution is -2.12. The summed E-state index contributed by atoms with van der Waals surface area (Å²) in [6.07, 6.45) is 1.38. The number of carboxylic acids is 1. The van der Waals surface area contributed by atoms with Gasteiger partial charge in [0.15, 0.2) is 0 Å². The Morgan fingerprint density at radius 3 is 1.38 bits per heavy atom. The predicted octanol–water partition coefficient (Wildman–Crippen LogP) is 5.63. The topological polar surface area (TPSA) is 51.4 Å². The molecule has 0 spiro atoms. The average Bonchev–Trinajstić information content (AvgIpc) is 2.79. The number of carbonyl (C=O) groups is 1. The number of benzene rings is 3. The van der Waals surface area contributed by atoms with Gasteiger partial charge >= 0.3 is 5.97 Å². The zero-order valence-corrected chi connectivity index (χ0v) is 18.6. The molecule has 0 saturated heterocycles. The molecule has 0 aromatic heterocycles. The first-order valence-electron chi connectivity index (χ1n) is 10.1. The van der Waals surface area contributed by atoms with E-state index < -0.39 is 5.97 Å². The number of aliphatic carboxylic acids is 1. The predicted molar refractivity (Wildman–Crippen MR) is 132 cm³/mol. The Morgan fingerprint density at radius 2 is 1.06 bits per heavy atom. The summed E-state index contributed by atoms with van der Waals surface area (Å²) in [5.74, 6) is -1.23. The van der Waals surface area contributed by atoms with Crippen molar-refractivity contribution in [1.82, 2.24) is 0 Å². The molecule has 3 aromatic rings. The summed E-state index contributed by atoms with van der Waals surface area (Å²) < 4.78 is 0. The number of hydrogen-bond acceptors (Lipinski definition) is 4. The van der Waals surface area contributed by atoms with Crippen molar-refractivity contribution in [2.75, 3.05) is 42.9 Å². The number of rotatable bonds is 7. The molecule has 0 bridgehead atoms. The van der Waals surface area contributed by atoms with Crippen LogP contribution in [0.1, 0.15) is 5.56 Å². The second-order valence-corrected chi connectivity index (χ2v) is 7.70. The Balaban J connectivity index is 2.04. The minimum absolute atomic E-state index is 0.312. The summed E-state index contributed by atoms with van der Waals surface area (Å²) in [4.78, 5) is 20.5. The van der Waals surface area contributed by atoms with Crippen molar-refractivity contribution in [2.24, 2.45) is 0 Å².